The monoisotopic (exact) mass is 1120 g/mol. The molecule has 0 saturated carbocycles. The largest absolute Gasteiger partial charge is 0.493 e. The fourth-order valence-corrected chi connectivity index (χ4v) is 11.3. The van der Waals surface area contributed by atoms with Crippen LogP contribution in [0.2, 0.25) is 0 Å². The molecule has 7 aromatic carbocycles. The van der Waals surface area contributed by atoms with Gasteiger partial charge in [0.15, 0.2) is 0 Å². The fourth-order valence-electron chi connectivity index (χ4n) is 11.3. The summed E-state index contributed by atoms with van der Waals surface area (Å²) in [6.45, 7) is 21.1. The van der Waals surface area contributed by atoms with Crippen LogP contribution < -0.4 is 18.9 Å². The molecule has 1 aromatic heterocycles. The van der Waals surface area contributed by atoms with E-state index in [4.69, 9.17) is 23.9 Å². The Labute approximate surface area is 506 Å². The lowest BCUT2D eigenvalue weighted by Crippen LogP contribution is -2.11. The molecule has 8 aromatic rings. The summed E-state index contributed by atoms with van der Waals surface area (Å²) < 4.78 is 25.4. The first kappa shape index (κ1) is 62.9. The van der Waals surface area contributed by atoms with E-state index in [1.165, 1.54) is 77.0 Å². The molecular formula is C79H97NO4. The van der Waals surface area contributed by atoms with Crippen molar-refractivity contribution in [3.8, 4) is 101 Å². The maximum absolute atomic E-state index is 6.37. The Morgan fingerprint density at radius 3 is 0.810 bits per heavy atom. The molecule has 0 bridgehead atoms. The highest BCUT2D eigenvalue weighted by Gasteiger charge is 2.16. The van der Waals surface area contributed by atoms with Crippen LogP contribution in [0.3, 0.4) is 0 Å². The van der Waals surface area contributed by atoms with Gasteiger partial charge in [0.25, 0.3) is 0 Å². The van der Waals surface area contributed by atoms with Crippen LogP contribution in [0, 0.1) is 23.7 Å². The SMILES string of the molecule is CCCCC(CC)COc1ccc(-c2cc(-c3ccc(OCC(CC)CCCC)cc3)cc(-c3ccc(-c4cccc(-c5cc(-c6ccc(OCC(CC)CCCC)cc6)cc(-c6ccc(OCC(CC)CCCC)cc6)c5)c4)nc3)c2)cc1. The number of benzene rings is 7. The van der Waals surface area contributed by atoms with E-state index in [-0.39, 0.29) is 0 Å². The number of pyridine rings is 1. The van der Waals surface area contributed by atoms with Gasteiger partial charge in [0.1, 0.15) is 23.0 Å². The van der Waals surface area contributed by atoms with E-state index in [0.717, 1.165) is 153 Å². The number of hydrogen-bond acceptors (Lipinski definition) is 5. The molecule has 4 unspecified atom stereocenters. The predicted molar refractivity (Wildman–Crippen MR) is 357 cm³/mol. The molecule has 0 aliphatic carbocycles. The summed E-state index contributed by atoms with van der Waals surface area (Å²) in [7, 11) is 0. The van der Waals surface area contributed by atoms with E-state index < -0.39 is 0 Å². The first-order valence-electron chi connectivity index (χ1n) is 32.5. The second-order valence-electron chi connectivity index (χ2n) is 23.6. The lowest BCUT2D eigenvalue weighted by molar-refractivity contribution is 0.233. The van der Waals surface area contributed by atoms with Crippen molar-refractivity contribution in [3.05, 3.63) is 176 Å². The van der Waals surface area contributed by atoms with Crippen molar-refractivity contribution < 1.29 is 18.9 Å². The topological polar surface area (TPSA) is 49.8 Å². The van der Waals surface area contributed by atoms with E-state index in [1.54, 1.807) is 0 Å². The summed E-state index contributed by atoms with van der Waals surface area (Å²) in [6, 6.07) is 61.7. The lowest BCUT2D eigenvalue weighted by Gasteiger charge is -2.17. The highest BCUT2D eigenvalue weighted by Crippen LogP contribution is 2.38. The van der Waals surface area contributed by atoms with Crippen LogP contribution >= 0.6 is 0 Å². The maximum Gasteiger partial charge on any atom is 0.119 e. The van der Waals surface area contributed by atoms with E-state index in [2.05, 4.69) is 225 Å². The van der Waals surface area contributed by atoms with Crippen molar-refractivity contribution in [2.24, 2.45) is 23.7 Å². The molecule has 0 saturated heterocycles. The number of ether oxygens (including phenoxy) is 4. The minimum atomic E-state index is 0.576. The Bertz CT molecular complexity index is 3000. The summed E-state index contributed by atoms with van der Waals surface area (Å²) in [5, 5.41) is 0. The molecule has 0 fully saturated rings. The van der Waals surface area contributed by atoms with Gasteiger partial charge >= 0.3 is 0 Å². The van der Waals surface area contributed by atoms with Crippen LogP contribution in [-0.4, -0.2) is 31.4 Å². The van der Waals surface area contributed by atoms with Crippen LogP contribution in [0.15, 0.2) is 176 Å². The van der Waals surface area contributed by atoms with Gasteiger partial charge in [-0.25, -0.2) is 0 Å². The average Bonchev–Trinajstić information content (AvgIpc) is 3.67. The summed E-state index contributed by atoms with van der Waals surface area (Å²) in [6.07, 6.45) is 21.2. The van der Waals surface area contributed by atoms with E-state index in [0.29, 0.717) is 23.7 Å². The van der Waals surface area contributed by atoms with Crippen molar-refractivity contribution in [2.45, 2.75) is 158 Å². The molecule has 4 atom stereocenters. The van der Waals surface area contributed by atoms with Gasteiger partial charge in [-0.05, 0) is 208 Å². The van der Waals surface area contributed by atoms with Gasteiger partial charge in [-0.1, -0.05) is 205 Å². The van der Waals surface area contributed by atoms with Crippen LogP contribution in [0.5, 0.6) is 23.0 Å². The van der Waals surface area contributed by atoms with Gasteiger partial charge in [0, 0.05) is 17.3 Å². The first-order chi connectivity index (χ1) is 41.2. The van der Waals surface area contributed by atoms with Crippen molar-refractivity contribution in [1.82, 2.24) is 4.98 Å². The van der Waals surface area contributed by atoms with Crippen molar-refractivity contribution in [3.63, 3.8) is 0 Å². The maximum atomic E-state index is 6.37. The molecule has 0 amide bonds. The zero-order valence-corrected chi connectivity index (χ0v) is 52.3. The molecular weight excluding hydrogens is 1030 g/mol. The van der Waals surface area contributed by atoms with Crippen molar-refractivity contribution in [1.29, 1.82) is 0 Å². The van der Waals surface area contributed by atoms with E-state index in [1.807, 2.05) is 6.20 Å². The normalized spacial score (nSPS) is 12.8. The highest BCUT2D eigenvalue weighted by atomic mass is 16.5. The molecule has 0 spiro atoms. The quantitative estimate of drug-likeness (QED) is 0.0396. The third kappa shape index (κ3) is 18.4. The van der Waals surface area contributed by atoms with Gasteiger partial charge in [0.2, 0.25) is 0 Å². The second kappa shape index (κ2) is 33.4. The average molecular weight is 1120 g/mol. The molecule has 5 heteroatoms. The molecule has 0 aliphatic rings. The second-order valence-corrected chi connectivity index (χ2v) is 23.6. The first-order valence-corrected chi connectivity index (χ1v) is 32.5. The van der Waals surface area contributed by atoms with Gasteiger partial charge in [-0.2, -0.15) is 0 Å². The Morgan fingerprint density at radius 2 is 0.536 bits per heavy atom. The summed E-state index contributed by atoms with van der Waals surface area (Å²) in [5.41, 5.74) is 15.6. The van der Waals surface area contributed by atoms with Crippen LogP contribution in [0.4, 0.5) is 0 Å². The van der Waals surface area contributed by atoms with E-state index >= 15 is 0 Å². The summed E-state index contributed by atoms with van der Waals surface area (Å²) in [5.74, 6) is 5.98. The van der Waals surface area contributed by atoms with Gasteiger partial charge < -0.3 is 18.9 Å². The van der Waals surface area contributed by atoms with Crippen LogP contribution in [-0.2, 0) is 0 Å². The Hall–Kier alpha value is -7.11. The molecule has 8 rings (SSSR count). The zero-order valence-electron chi connectivity index (χ0n) is 52.3. The highest BCUT2D eigenvalue weighted by molar-refractivity contribution is 5.84. The number of rotatable bonds is 35. The Morgan fingerprint density at radius 1 is 0.274 bits per heavy atom. The Kier molecular flexibility index (Phi) is 25.0. The molecule has 0 aliphatic heterocycles. The number of hydrogen-bond donors (Lipinski definition) is 0. The van der Waals surface area contributed by atoms with Gasteiger partial charge in [0.05, 0.1) is 32.1 Å². The third-order valence-corrected chi connectivity index (χ3v) is 17.3. The molecule has 0 N–H and O–H groups in total. The van der Waals surface area contributed by atoms with Gasteiger partial charge in [-0.3, -0.25) is 4.98 Å². The zero-order chi connectivity index (χ0) is 58.9. The Balaban J connectivity index is 1.08. The van der Waals surface area contributed by atoms with Crippen LogP contribution in [0.1, 0.15) is 158 Å². The van der Waals surface area contributed by atoms with Crippen molar-refractivity contribution in [2.75, 3.05) is 26.4 Å². The smallest absolute Gasteiger partial charge is 0.119 e. The molecule has 1 heterocycles. The summed E-state index contributed by atoms with van der Waals surface area (Å²) >= 11 is 0. The predicted octanol–water partition coefficient (Wildman–Crippen LogP) is 23.1. The molecule has 5 nitrogen and oxygen atoms in total. The van der Waals surface area contributed by atoms with Crippen molar-refractivity contribution >= 4 is 0 Å². The minimum Gasteiger partial charge on any atom is -0.493 e. The summed E-state index contributed by atoms with van der Waals surface area (Å²) in [4.78, 5) is 5.19. The van der Waals surface area contributed by atoms with Crippen LogP contribution in [0.25, 0.3) is 78.0 Å². The third-order valence-electron chi connectivity index (χ3n) is 17.3. The molecule has 0 radical (unpaired) electrons. The molecule has 84 heavy (non-hydrogen) atoms. The standard InChI is InChI=1S/C79H97NO4/c1-9-17-22-58(13-5)54-81-75-37-28-62(29-38-75)69-47-70(63-30-39-76(40-31-63)82-55-59(14-6)23-18-10-2)50-73(49-69)66-26-21-27-67(46-66)79-45-36-68(53-80-79)74-51-71(64-32-41-77(42-33-64)83-56-60(15-7)24-19-11-3)48-72(52-74)65-34-43-78(44-35-65)84-57-61(16-8)25-20-12-4/h21,26-53,58-61H,9-20,22-25,54-57H2,1-8H3. The lowest BCUT2D eigenvalue weighted by atomic mass is 9.92. The number of nitrogens with zero attached hydrogens (tertiary/aromatic N) is 1. The number of aromatic nitrogens is 1. The van der Waals surface area contributed by atoms with Gasteiger partial charge in [-0.15, -0.1) is 0 Å². The molecule has 442 valence electrons. The fraction of sp³-hybridized carbons (Fsp3) is 0.405. The number of unbranched alkanes of at least 4 members (excludes halogenated alkanes) is 4. The minimum absolute atomic E-state index is 0.576. The van der Waals surface area contributed by atoms with E-state index in [9.17, 15) is 0 Å².